The number of hydrogen-bond donors (Lipinski definition) is 2. The third-order valence-corrected chi connectivity index (χ3v) is 4.77. The normalized spacial score (nSPS) is 36.5. The number of likely N-dealkylation sites (N-methyl/N-ethyl adjacent to an activating group) is 1. The molecule has 1 saturated heterocycles. The van der Waals surface area contributed by atoms with E-state index in [2.05, 4.69) is 10.2 Å². The topological polar surface area (TPSA) is 67.6 Å². The molecule has 0 aromatic heterocycles. The number of rotatable bonds is 5. The van der Waals surface area contributed by atoms with Crippen molar-refractivity contribution in [3.8, 4) is 0 Å². The van der Waals surface area contributed by atoms with Crippen molar-refractivity contribution in [3.05, 3.63) is 0 Å². The predicted octanol–water partition coefficient (Wildman–Crippen LogP) is 0.483. The smallest absolute Gasteiger partial charge is 0.237 e. The highest BCUT2D eigenvalue weighted by Gasteiger charge is 2.45. The first kappa shape index (κ1) is 14.8. The van der Waals surface area contributed by atoms with Gasteiger partial charge in [0.1, 0.15) is 0 Å². The molecule has 5 nitrogen and oxygen atoms in total. The maximum Gasteiger partial charge on any atom is 0.237 e. The Morgan fingerprint density at radius 3 is 2.89 bits per heavy atom. The zero-order valence-electron chi connectivity index (χ0n) is 12.2. The molecule has 1 aliphatic heterocycles. The quantitative estimate of drug-likeness (QED) is 0.762. The average Bonchev–Trinajstić information content (AvgIpc) is 2.85. The molecular weight excluding hydrogens is 242 g/mol. The number of carbonyl (C=O) groups excluding carboxylic acids is 1. The molecule has 2 aliphatic rings. The van der Waals surface area contributed by atoms with Gasteiger partial charge < -0.3 is 15.8 Å². The van der Waals surface area contributed by atoms with Crippen molar-refractivity contribution in [2.75, 3.05) is 26.7 Å². The Bertz CT molecular complexity index is 322. The molecule has 2 fully saturated rings. The molecule has 3 N–H and O–H groups in total. The summed E-state index contributed by atoms with van der Waals surface area (Å²) in [5.41, 5.74) is 5.07. The second kappa shape index (κ2) is 6.20. The van der Waals surface area contributed by atoms with Gasteiger partial charge in [0.15, 0.2) is 0 Å². The standard InChI is InChI=1S/C14H27N3O2/c1-3-19-12-5-4-8-17(10-12)11-6-7-14(9-11,16-2)13(15)18/h11-12,16H,3-10H2,1-2H3,(H2,15,18). The van der Waals surface area contributed by atoms with E-state index in [9.17, 15) is 4.79 Å². The van der Waals surface area contributed by atoms with Crippen LogP contribution in [0.2, 0.25) is 0 Å². The van der Waals surface area contributed by atoms with Gasteiger partial charge in [-0.25, -0.2) is 0 Å². The average molecular weight is 269 g/mol. The summed E-state index contributed by atoms with van der Waals surface area (Å²) >= 11 is 0. The molecule has 0 bridgehead atoms. The van der Waals surface area contributed by atoms with Gasteiger partial charge >= 0.3 is 0 Å². The van der Waals surface area contributed by atoms with Crippen molar-refractivity contribution in [1.29, 1.82) is 0 Å². The van der Waals surface area contributed by atoms with Crippen molar-refractivity contribution >= 4 is 5.91 Å². The van der Waals surface area contributed by atoms with Gasteiger partial charge in [0.25, 0.3) is 0 Å². The van der Waals surface area contributed by atoms with Gasteiger partial charge in [-0.2, -0.15) is 0 Å². The van der Waals surface area contributed by atoms with Crippen molar-refractivity contribution in [2.45, 2.75) is 56.7 Å². The minimum Gasteiger partial charge on any atom is -0.377 e. The minimum absolute atomic E-state index is 0.212. The molecule has 2 rings (SSSR count). The molecule has 0 radical (unpaired) electrons. The van der Waals surface area contributed by atoms with Crippen LogP contribution in [-0.2, 0) is 9.53 Å². The van der Waals surface area contributed by atoms with Crippen LogP contribution in [0.5, 0.6) is 0 Å². The van der Waals surface area contributed by atoms with E-state index in [4.69, 9.17) is 10.5 Å². The van der Waals surface area contributed by atoms with Crippen LogP contribution < -0.4 is 11.1 Å². The zero-order chi connectivity index (χ0) is 13.9. The number of piperidine rings is 1. The number of likely N-dealkylation sites (tertiary alicyclic amines) is 1. The highest BCUT2D eigenvalue weighted by molar-refractivity contribution is 5.85. The Morgan fingerprint density at radius 1 is 1.53 bits per heavy atom. The second-order valence-electron chi connectivity index (χ2n) is 5.81. The van der Waals surface area contributed by atoms with E-state index in [0.717, 1.165) is 45.4 Å². The number of nitrogens with one attached hydrogen (secondary N) is 1. The van der Waals surface area contributed by atoms with Crippen molar-refractivity contribution in [1.82, 2.24) is 10.2 Å². The van der Waals surface area contributed by atoms with E-state index in [1.165, 1.54) is 6.42 Å². The maximum atomic E-state index is 11.7. The fraction of sp³-hybridized carbons (Fsp3) is 0.929. The van der Waals surface area contributed by atoms with Crippen molar-refractivity contribution < 1.29 is 9.53 Å². The molecule has 1 heterocycles. The molecule has 1 amide bonds. The van der Waals surface area contributed by atoms with Gasteiger partial charge in [0.05, 0.1) is 11.6 Å². The number of amides is 1. The van der Waals surface area contributed by atoms with Crippen LogP contribution in [0.25, 0.3) is 0 Å². The van der Waals surface area contributed by atoms with Crippen LogP contribution in [0.4, 0.5) is 0 Å². The van der Waals surface area contributed by atoms with Crippen LogP contribution >= 0.6 is 0 Å². The maximum absolute atomic E-state index is 11.7. The highest BCUT2D eigenvalue weighted by Crippen LogP contribution is 2.34. The number of nitrogens with zero attached hydrogens (tertiary/aromatic N) is 1. The minimum atomic E-state index is -0.497. The van der Waals surface area contributed by atoms with Crippen molar-refractivity contribution in [2.24, 2.45) is 5.73 Å². The Morgan fingerprint density at radius 2 is 2.32 bits per heavy atom. The summed E-state index contributed by atoms with van der Waals surface area (Å²) in [6.07, 6.45) is 5.42. The van der Waals surface area contributed by atoms with E-state index in [1.54, 1.807) is 0 Å². The summed E-state index contributed by atoms with van der Waals surface area (Å²) in [6, 6.07) is 0.461. The Kier molecular flexibility index (Phi) is 4.81. The summed E-state index contributed by atoms with van der Waals surface area (Å²) in [4.78, 5) is 14.2. The predicted molar refractivity (Wildman–Crippen MR) is 74.8 cm³/mol. The molecule has 0 aromatic rings. The fourth-order valence-corrected chi connectivity index (χ4v) is 3.57. The van der Waals surface area contributed by atoms with Gasteiger partial charge in [-0.3, -0.25) is 9.69 Å². The third kappa shape index (κ3) is 3.09. The van der Waals surface area contributed by atoms with E-state index in [1.807, 2.05) is 14.0 Å². The largest absolute Gasteiger partial charge is 0.377 e. The van der Waals surface area contributed by atoms with Crippen LogP contribution in [0.1, 0.15) is 39.0 Å². The first-order valence-corrected chi connectivity index (χ1v) is 7.46. The van der Waals surface area contributed by atoms with Crippen molar-refractivity contribution in [3.63, 3.8) is 0 Å². The molecular formula is C14H27N3O2. The van der Waals surface area contributed by atoms with E-state index in [0.29, 0.717) is 12.1 Å². The molecule has 0 aromatic carbocycles. The summed E-state index contributed by atoms with van der Waals surface area (Å²) in [7, 11) is 1.84. The molecule has 3 unspecified atom stereocenters. The molecule has 110 valence electrons. The van der Waals surface area contributed by atoms with E-state index < -0.39 is 5.54 Å². The second-order valence-corrected chi connectivity index (χ2v) is 5.81. The Hall–Kier alpha value is -0.650. The van der Waals surface area contributed by atoms with Gasteiger partial charge in [-0.1, -0.05) is 0 Å². The zero-order valence-corrected chi connectivity index (χ0v) is 12.2. The van der Waals surface area contributed by atoms with Crippen LogP contribution in [-0.4, -0.2) is 55.2 Å². The lowest BCUT2D eigenvalue weighted by atomic mass is 9.96. The molecule has 1 saturated carbocycles. The van der Waals surface area contributed by atoms with E-state index in [-0.39, 0.29) is 5.91 Å². The summed E-state index contributed by atoms with van der Waals surface area (Å²) in [5, 5.41) is 3.15. The van der Waals surface area contributed by atoms with Crippen LogP contribution in [0.3, 0.4) is 0 Å². The van der Waals surface area contributed by atoms with Gasteiger partial charge in [0.2, 0.25) is 5.91 Å². The lowest BCUT2D eigenvalue weighted by molar-refractivity contribution is -0.124. The first-order chi connectivity index (χ1) is 9.11. The fourth-order valence-electron chi connectivity index (χ4n) is 3.57. The molecule has 5 heteroatoms. The number of carbonyl (C=O) groups is 1. The first-order valence-electron chi connectivity index (χ1n) is 7.46. The number of hydrogen-bond acceptors (Lipinski definition) is 4. The highest BCUT2D eigenvalue weighted by atomic mass is 16.5. The SMILES string of the molecule is CCOC1CCCN(C2CCC(NC)(C(N)=O)C2)C1. The lowest BCUT2D eigenvalue weighted by Gasteiger charge is -2.37. The summed E-state index contributed by atoms with van der Waals surface area (Å²) in [5.74, 6) is -0.212. The van der Waals surface area contributed by atoms with Crippen LogP contribution in [0, 0.1) is 0 Å². The Labute approximate surface area is 115 Å². The number of primary amides is 1. The molecule has 19 heavy (non-hydrogen) atoms. The van der Waals surface area contributed by atoms with Crippen LogP contribution in [0.15, 0.2) is 0 Å². The monoisotopic (exact) mass is 269 g/mol. The molecule has 3 atom stereocenters. The van der Waals surface area contributed by atoms with Gasteiger partial charge in [-0.15, -0.1) is 0 Å². The summed E-state index contributed by atoms with van der Waals surface area (Å²) < 4.78 is 5.75. The number of nitrogens with two attached hydrogens (primary N) is 1. The van der Waals surface area contributed by atoms with Gasteiger partial charge in [0, 0.05) is 19.2 Å². The lowest BCUT2D eigenvalue weighted by Crippen LogP contribution is -2.53. The molecule has 0 spiro atoms. The summed E-state index contributed by atoms with van der Waals surface area (Å²) in [6.45, 7) is 4.95. The number of ether oxygens (including phenoxy) is 1. The van der Waals surface area contributed by atoms with Gasteiger partial charge in [-0.05, 0) is 52.6 Å². The molecule has 1 aliphatic carbocycles. The Balaban J connectivity index is 1.94. The third-order valence-electron chi connectivity index (χ3n) is 4.77. The van der Waals surface area contributed by atoms with E-state index >= 15 is 0 Å².